The van der Waals surface area contributed by atoms with Crippen LogP contribution < -0.4 is 10.9 Å². The summed E-state index contributed by atoms with van der Waals surface area (Å²) in [6.45, 7) is 1.60. The first kappa shape index (κ1) is 15.0. The van der Waals surface area contributed by atoms with E-state index in [2.05, 4.69) is 5.32 Å². The second kappa shape index (κ2) is 6.04. The lowest BCUT2D eigenvalue weighted by Crippen LogP contribution is -2.31. The van der Waals surface area contributed by atoms with Crippen molar-refractivity contribution in [2.24, 2.45) is 0 Å². The fourth-order valence-corrected chi connectivity index (χ4v) is 2.44. The molecule has 1 atom stereocenters. The van der Waals surface area contributed by atoms with Crippen LogP contribution in [0.4, 0.5) is 10.1 Å². The van der Waals surface area contributed by atoms with E-state index in [1.54, 1.807) is 43.5 Å². The van der Waals surface area contributed by atoms with Gasteiger partial charge in [-0.05, 0) is 36.6 Å². The van der Waals surface area contributed by atoms with Crippen LogP contribution in [0.1, 0.15) is 13.0 Å². The molecule has 0 aliphatic rings. The highest BCUT2D eigenvalue weighted by Crippen LogP contribution is 2.16. The summed E-state index contributed by atoms with van der Waals surface area (Å²) in [7, 11) is 0. The summed E-state index contributed by atoms with van der Waals surface area (Å²) < 4.78 is 15.0. The molecule has 1 heterocycles. The molecule has 0 aliphatic heterocycles. The van der Waals surface area contributed by atoms with Gasteiger partial charge in [-0.1, -0.05) is 30.3 Å². The summed E-state index contributed by atoms with van der Waals surface area (Å²) in [5, 5.41) is 3.87. The van der Waals surface area contributed by atoms with Crippen LogP contribution in [0.25, 0.3) is 10.8 Å². The van der Waals surface area contributed by atoms with Crippen LogP contribution in [0.3, 0.4) is 0 Å². The molecule has 2 aromatic carbocycles. The third kappa shape index (κ3) is 2.85. The summed E-state index contributed by atoms with van der Waals surface area (Å²) in [6.07, 6.45) is 1.58. The fourth-order valence-electron chi connectivity index (χ4n) is 2.44. The Kier molecular flexibility index (Phi) is 3.93. The van der Waals surface area contributed by atoms with Gasteiger partial charge < -0.3 is 9.88 Å². The zero-order chi connectivity index (χ0) is 16.4. The van der Waals surface area contributed by atoms with E-state index in [-0.39, 0.29) is 11.2 Å². The number of pyridine rings is 1. The highest BCUT2D eigenvalue weighted by molar-refractivity contribution is 5.93. The number of benzene rings is 2. The number of hydrogen-bond donors (Lipinski definition) is 1. The lowest BCUT2D eigenvalue weighted by molar-refractivity contribution is -0.118. The monoisotopic (exact) mass is 310 g/mol. The standard InChI is InChI=1S/C18H15FN2O2/c1-12(17(22)20-16-9-5-4-8-15(16)19)21-11-10-13-6-2-3-7-14(13)18(21)23/h2-12H,1H3,(H,20,22)/t12-/m1/s1. The van der Waals surface area contributed by atoms with Gasteiger partial charge in [0.15, 0.2) is 0 Å². The number of nitrogens with zero attached hydrogens (tertiary/aromatic N) is 1. The summed E-state index contributed by atoms with van der Waals surface area (Å²) in [5.74, 6) is -0.966. The van der Waals surface area contributed by atoms with Gasteiger partial charge in [-0.3, -0.25) is 9.59 Å². The van der Waals surface area contributed by atoms with Crippen LogP contribution in [0.5, 0.6) is 0 Å². The van der Waals surface area contributed by atoms with E-state index in [9.17, 15) is 14.0 Å². The number of amides is 1. The maximum Gasteiger partial charge on any atom is 0.259 e. The Balaban J connectivity index is 1.92. The molecule has 0 bridgehead atoms. The first-order valence-electron chi connectivity index (χ1n) is 7.23. The van der Waals surface area contributed by atoms with Gasteiger partial charge in [0.25, 0.3) is 5.56 Å². The Bertz CT molecular complexity index is 933. The molecule has 4 nitrogen and oxygen atoms in total. The summed E-state index contributed by atoms with van der Waals surface area (Å²) in [5.41, 5.74) is -0.155. The Morgan fingerprint density at radius 1 is 1.09 bits per heavy atom. The molecule has 0 aliphatic carbocycles. The molecule has 0 saturated heterocycles. The largest absolute Gasteiger partial charge is 0.322 e. The predicted molar refractivity (Wildman–Crippen MR) is 87.9 cm³/mol. The van der Waals surface area contributed by atoms with Crippen LogP contribution >= 0.6 is 0 Å². The average Bonchev–Trinajstić information content (AvgIpc) is 2.57. The van der Waals surface area contributed by atoms with Gasteiger partial charge in [0.1, 0.15) is 11.9 Å². The molecule has 3 rings (SSSR count). The van der Waals surface area contributed by atoms with Gasteiger partial charge in [-0.15, -0.1) is 0 Å². The summed E-state index contributed by atoms with van der Waals surface area (Å²) in [6, 6.07) is 14.1. The van der Waals surface area contributed by atoms with Crippen molar-refractivity contribution in [3.8, 4) is 0 Å². The molecule has 0 saturated carbocycles. The van der Waals surface area contributed by atoms with E-state index >= 15 is 0 Å². The first-order valence-corrected chi connectivity index (χ1v) is 7.23. The van der Waals surface area contributed by atoms with E-state index in [1.807, 2.05) is 12.1 Å². The number of carbonyl (C=O) groups is 1. The van der Waals surface area contributed by atoms with Crippen LogP contribution in [-0.4, -0.2) is 10.5 Å². The second-order valence-electron chi connectivity index (χ2n) is 5.26. The molecule has 3 aromatic rings. The van der Waals surface area contributed by atoms with Crippen molar-refractivity contribution in [1.29, 1.82) is 0 Å². The molecular weight excluding hydrogens is 295 g/mol. The number of nitrogens with one attached hydrogen (secondary N) is 1. The molecule has 1 N–H and O–H groups in total. The number of aromatic nitrogens is 1. The molecule has 5 heteroatoms. The number of rotatable bonds is 3. The lowest BCUT2D eigenvalue weighted by atomic mass is 10.1. The SMILES string of the molecule is C[C@H](C(=O)Nc1ccccc1F)n1ccc2ccccc2c1=O. The highest BCUT2D eigenvalue weighted by atomic mass is 19.1. The minimum atomic E-state index is -0.758. The van der Waals surface area contributed by atoms with Crippen molar-refractivity contribution in [3.05, 3.63) is 77.0 Å². The van der Waals surface area contributed by atoms with Crippen molar-refractivity contribution < 1.29 is 9.18 Å². The van der Waals surface area contributed by atoms with Crippen LogP contribution in [0.2, 0.25) is 0 Å². The molecule has 1 amide bonds. The Morgan fingerprint density at radius 3 is 2.57 bits per heavy atom. The van der Waals surface area contributed by atoms with E-state index in [0.717, 1.165) is 5.39 Å². The number of carbonyl (C=O) groups excluding carboxylic acids is 1. The third-order valence-electron chi connectivity index (χ3n) is 3.77. The normalized spacial score (nSPS) is 12.1. The number of fused-ring (bicyclic) bond motifs is 1. The van der Waals surface area contributed by atoms with Gasteiger partial charge in [-0.25, -0.2) is 4.39 Å². The molecule has 1 aromatic heterocycles. The van der Waals surface area contributed by atoms with Gasteiger partial charge in [0.05, 0.1) is 5.69 Å². The van der Waals surface area contributed by atoms with Gasteiger partial charge in [0.2, 0.25) is 5.91 Å². The maximum absolute atomic E-state index is 13.6. The van der Waals surface area contributed by atoms with Crippen molar-refractivity contribution in [2.75, 3.05) is 5.32 Å². The van der Waals surface area contributed by atoms with E-state index in [0.29, 0.717) is 5.39 Å². The first-order chi connectivity index (χ1) is 11.1. The number of hydrogen-bond acceptors (Lipinski definition) is 2. The Morgan fingerprint density at radius 2 is 1.78 bits per heavy atom. The zero-order valence-electron chi connectivity index (χ0n) is 12.5. The molecule has 116 valence electrons. The summed E-state index contributed by atoms with van der Waals surface area (Å²) in [4.78, 5) is 24.8. The van der Waals surface area contributed by atoms with Crippen molar-refractivity contribution in [2.45, 2.75) is 13.0 Å². The van der Waals surface area contributed by atoms with Crippen molar-refractivity contribution in [1.82, 2.24) is 4.57 Å². The van der Waals surface area contributed by atoms with Gasteiger partial charge in [-0.2, -0.15) is 0 Å². The van der Waals surface area contributed by atoms with E-state index in [1.165, 1.54) is 16.7 Å². The molecular formula is C18H15FN2O2. The van der Waals surface area contributed by atoms with Crippen LogP contribution in [-0.2, 0) is 4.79 Å². The smallest absolute Gasteiger partial charge is 0.259 e. The minimum absolute atomic E-state index is 0.0955. The topological polar surface area (TPSA) is 51.1 Å². The minimum Gasteiger partial charge on any atom is -0.322 e. The van der Waals surface area contributed by atoms with Crippen molar-refractivity contribution >= 4 is 22.4 Å². The maximum atomic E-state index is 13.6. The molecule has 0 fully saturated rings. The average molecular weight is 310 g/mol. The lowest BCUT2D eigenvalue weighted by Gasteiger charge is -2.16. The molecule has 0 radical (unpaired) electrons. The summed E-state index contributed by atoms with van der Waals surface area (Å²) >= 11 is 0. The van der Waals surface area contributed by atoms with Gasteiger partial charge >= 0.3 is 0 Å². The third-order valence-corrected chi connectivity index (χ3v) is 3.77. The number of anilines is 1. The van der Waals surface area contributed by atoms with E-state index < -0.39 is 17.8 Å². The second-order valence-corrected chi connectivity index (χ2v) is 5.26. The molecule has 23 heavy (non-hydrogen) atoms. The zero-order valence-corrected chi connectivity index (χ0v) is 12.5. The fraction of sp³-hybridized carbons (Fsp3) is 0.111. The Labute approximate surface area is 132 Å². The van der Waals surface area contributed by atoms with Crippen LogP contribution in [0.15, 0.2) is 65.6 Å². The Hall–Kier alpha value is -2.95. The van der Waals surface area contributed by atoms with E-state index in [4.69, 9.17) is 0 Å². The predicted octanol–water partition coefficient (Wildman–Crippen LogP) is 3.34. The number of para-hydroxylation sites is 1. The number of halogens is 1. The quantitative estimate of drug-likeness (QED) is 0.806. The molecule has 0 unspecified atom stereocenters. The highest BCUT2D eigenvalue weighted by Gasteiger charge is 2.18. The molecule has 0 spiro atoms. The van der Waals surface area contributed by atoms with Crippen LogP contribution in [0, 0.1) is 5.82 Å². The van der Waals surface area contributed by atoms with Gasteiger partial charge in [0, 0.05) is 11.6 Å². The van der Waals surface area contributed by atoms with Crippen molar-refractivity contribution in [3.63, 3.8) is 0 Å².